The molecule has 3 rings (SSSR count). The minimum absolute atomic E-state index is 0.122. The molecule has 2 N–H and O–H groups in total. The lowest BCUT2D eigenvalue weighted by Crippen LogP contribution is -2.57. The van der Waals surface area contributed by atoms with E-state index >= 15 is 0 Å². The standard InChI is InChI=1S/C20H34N2O3/c1-19(2,3)25-18(24)21-15-7-5-6-12-20(15,4)17(23)22-16(13-8-9-13)14-10-11-14/h13-16H,5-12H2,1-4H3,(H,21,24)(H,22,23)/t15-,20-/m0/s1. The summed E-state index contributed by atoms with van der Waals surface area (Å²) in [6.07, 6.45) is 8.30. The second kappa shape index (κ2) is 6.81. The van der Waals surface area contributed by atoms with Gasteiger partial charge in [-0.25, -0.2) is 4.79 Å². The number of nitrogens with one attached hydrogen (secondary N) is 2. The van der Waals surface area contributed by atoms with Gasteiger partial charge in [0.1, 0.15) is 5.60 Å². The molecule has 3 aliphatic rings. The van der Waals surface area contributed by atoms with Gasteiger partial charge in [-0.3, -0.25) is 4.79 Å². The first kappa shape index (κ1) is 18.5. The highest BCUT2D eigenvalue weighted by Crippen LogP contribution is 2.45. The Labute approximate surface area is 151 Å². The molecule has 0 aromatic rings. The highest BCUT2D eigenvalue weighted by Gasteiger charge is 2.48. The molecular formula is C20H34N2O3. The predicted molar refractivity (Wildman–Crippen MR) is 97.1 cm³/mol. The Morgan fingerprint density at radius 2 is 1.64 bits per heavy atom. The second-order valence-electron chi connectivity index (χ2n) is 9.54. The SMILES string of the molecule is CC(C)(C)OC(=O)N[C@H]1CCCC[C@]1(C)C(=O)NC(C1CC1)C1CC1. The summed E-state index contributed by atoms with van der Waals surface area (Å²) in [6, 6.07) is 0.198. The van der Waals surface area contributed by atoms with Crippen LogP contribution in [0.15, 0.2) is 0 Å². The van der Waals surface area contributed by atoms with Gasteiger partial charge in [0, 0.05) is 12.1 Å². The van der Waals surface area contributed by atoms with Gasteiger partial charge in [-0.15, -0.1) is 0 Å². The van der Waals surface area contributed by atoms with Crippen molar-refractivity contribution < 1.29 is 14.3 Å². The van der Waals surface area contributed by atoms with Crippen molar-refractivity contribution in [3.63, 3.8) is 0 Å². The molecule has 5 nitrogen and oxygen atoms in total. The van der Waals surface area contributed by atoms with Gasteiger partial charge in [-0.05, 0) is 78.1 Å². The normalized spacial score (nSPS) is 30.0. The molecule has 142 valence electrons. The highest BCUT2D eigenvalue weighted by atomic mass is 16.6. The van der Waals surface area contributed by atoms with Crippen LogP contribution in [0, 0.1) is 17.3 Å². The molecule has 0 radical (unpaired) electrons. The zero-order valence-corrected chi connectivity index (χ0v) is 16.2. The van der Waals surface area contributed by atoms with E-state index in [0.29, 0.717) is 17.9 Å². The lowest BCUT2D eigenvalue weighted by molar-refractivity contribution is -0.134. The molecular weight excluding hydrogens is 316 g/mol. The summed E-state index contributed by atoms with van der Waals surface area (Å²) in [7, 11) is 0. The average molecular weight is 351 g/mol. The Bertz CT molecular complexity index is 508. The smallest absolute Gasteiger partial charge is 0.407 e. The molecule has 0 heterocycles. The molecule has 5 heteroatoms. The van der Waals surface area contributed by atoms with Gasteiger partial charge >= 0.3 is 6.09 Å². The quantitative estimate of drug-likeness (QED) is 0.793. The summed E-state index contributed by atoms with van der Waals surface area (Å²) < 4.78 is 5.41. The van der Waals surface area contributed by atoms with Crippen molar-refractivity contribution in [3.8, 4) is 0 Å². The first-order valence-corrected chi connectivity index (χ1v) is 9.99. The van der Waals surface area contributed by atoms with E-state index < -0.39 is 17.1 Å². The van der Waals surface area contributed by atoms with Gasteiger partial charge in [-0.2, -0.15) is 0 Å². The number of carbonyl (C=O) groups excluding carboxylic acids is 2. The number of carbonyl (C=O) groups is 2. The molecule has 0 bridgehead atoms. The van der Waals surface area contributed by atoms with Crippen LogP contribution in [-0.2, 0) is 9.53 Å². The Morgan fingerprint density at radius 3 is 2.16 bits per heavy atom. The Morgan fingerprint density at radius 1 is 1.04 bits per heavy atom. The molecule has 3 fully saturated rings. The maximum atomic E-state index is 13.2. The first-order valence-electron chi connectivity index (χ1n) is 9.99. The lowest BCUT2D eigenvalue weighted by atomic mass is 9.70. The zero-order valence-electron chi connectivity index (χ0n) is 16.2. The van der Waals surface area contributed by atoms with Gasteiger partial charge in [0.25, 0.3) is 0 Å². The van der Waals surface area contributed by atoms with Crippen LogP contribution in [0.25, 0.3) is 0 Å². The van der Waals surface area contributed by atoms with Crippen molar-refractivity contribution in [2.24, 2.45) is 17.3 Å². The predicted octanol–water partition coefficient (Wildman–Crippen LogP) is 3.76. The molecule has 25 heavy (non-hydrogen) atoms. The van der Waals surface area contributed by atoms with E-state index in [0.717, 1.165) is 25.7 Å². The van der Waals surface area contributed by atoms with Gasteiger partial charge < -0.3 is 15.4 Å². The van der Waals surface area contributed by atoms with Crippen molar-refractivity contribution in [1.82, 2.24) is 10.6 Å². The van der Waals surface area contributed by atoms with Crippen molar-refractivity contribution in [2.45, 2.75) is 96.7 Å². The summed E-state index contributed by atoms with van der Waals surface area (Å²) in [6.45, 7) is 7.58. The number of hydrogen-bond acceptors (Lipinski definition) is 3. The topological polar surface area (TPSA) is 67.4 Å². The molecule has 2 atom stereocenters. The van der Waals surface area contributed by atoms with E-state index in [1.807, 2.05) is 27.7 Å². The molecule has 3 saturated carbocycles. The molecule has 0 aromatic heterocycles. The van der Waals surface area contributed by atoms with Crippen LogP contribution >= 0.6 is 0 Å². The number of ether oxygens (including phenoxy) is 1. The van der Waals surface area contributed by atoms with Crippen LogP contribution in [0.2, 0.25) is 0 Å². The third-order valence-corrected chi connectivity index (χ3v) is 5.98. The highest BCUT2D eigenvalue weighted by molar-refractivity contribution is 5.84. The van der Waals surface area contributed by atoms with Crippen LogP contribution in [0.4, 0.5) is 4.79 Å². The van der Waals surface area contributed by atoms with E-state index in [1.54, 1.807) is 0 Å². The number of alkyl carbamates (subject to hydrolysis) is 1. The van der Waals surface area contributed by atoms with Crippen LogP contribution in [0.1, 0.15) is 79.1 Å². The summed E-state index contributed by atoms with van der Waals surface area (Å²) in [5, 5.41) is 6.36. The molecule has 0 aromatic carbocycles. The van der Waals surface area contributed by atoms with Gasteiger partial charge in [0.15, 0.2) is 0 Å². The minimum atomic E-state index is -0.544. The molecule has 0 aliphatic heterocycles. The third-order valence-electron chi connectivity index (χ3n) is 5.98. The van der Waals surface area contributed by atoms with Gasteiger partial charge in [0.2, 0.25) is 5.91 Å². The fourth-order valence-electron chi connectivity index (χ4n) is 4.13. The van der Waals surface area contributed by atoms with Crippen molar-refractivity contribution in [3.05, 3.63) is 0 Å². The van der Waals surface area contributed by atoms with E-state index in [4.69, 9.17) is 4.74 Å². The number of rotatable bonds is 5. The van der Waals surface area contributed by atoms with Crippen molar-refractivity contribution in [2.75, 3.05) is 0 Å². The van der Waals surface area contributed by atoms with Crippen LogP contribution in [0.5, 0.6) is 0 Å². The molecule has 0 unspecified atom stereocenters. The van der Waals surface area contributed by atoms with Crippen LogP contribution in [0.3, 0.4) is 0 Å². The fourth-order valence-corrected chi connectivity index (χ4v) is 4.13. The molecule has 2 amide bonds. The lowest BCUT2D eigenvalue weighted by Gasteiger charge is -2.41. The zero-order chi connectivity index (χ0) is 18.2. The first-order chi connectivity index (χ1) is 11.7. The summed E-state index contributed by atoms with van der Waals surface area (Å²) in [5.41, 5.74) is -1.07. The van der Waals surface area contributed by atoms with Crippen molar-refractivity contribution >= 4 is 12.0 Å². The number of amides is 2. The number of hydrogen-bond donors (Lipinski definition) is 2. The summed E-state index contributed by atoms with van der Waals surface area (Å²) in [5.74, 6) is 1.49. The summed E-state index contributed by atoms with van der Waals surface area (Å²) in [4.78, 5) is 25.4. The van der Waals surface area contributed by atoms with Crippen LogP contribution < -0.4 is 10.6 Å². The Balaban J connectivity index is 1.64. The van der Waals surface area contributed by atoms with E-state index in [-0.39, 0.29) is 11.9 Å². The van der Waals surface area contributed by atoms with E-state index in [9.17, 15) is 9.59 Å². The summed E-state index contributed by atoms with van der Waals surface area (Å²) >= 11 is 0. The molecule has 0 spiro atoms. The van der Waals surface area contributed by atoms with Crippen molar-refractivity contribution in [1.29, 1.82) is 0 Å². The maximum absolute atomic E-state index is 13.2. The van der Waals surface area contributed by atoms with E-state index in [1.165, 1.54) is 25.7 Å². The van der Waals surface area contributed by atoms with Crippen LogP contribution in [-0.4, -0.2) is 29.7 Å². The third kappa shape index (κ3) is 4.68. The monoisotopic (exact) mass is 350 g/mol. The second-order valence-corrected chi connectivity index (χ2v) is 9.54. The van der Waals surface area contributed by atoms with Gasteiger partial charge in [-0.1, -0.05) is 12.8 Å². The van der Waals surface area contributed by atoms with E-state index in [2.05, 4.69) is 10.6 Å². The molecule has 3 aliphatic carbocycles. The minimum Gasteiger partial charge on any atom is -0.444 e. The Kier molecular flexibility index (Phi) is 5.04. The largest absolute Gasteiger partial charge is 0.444 e. The van der Waals surface area contributed by atoms with Gasteiger partial charge in [0.05, 0.1) is 5.41 Å². The Hall–Kier alpha value is -1.26. The molecule has 0 saturated heterocycles. The maximum Gasteiger partial charge on any atom is 0.407 e. The fraction of sp³-hybridized carbons (Fsp3) is 0.900. The average Bonchev–Trinajstić information content (AvgIpc) is 3.37.